The maximum absolute atomic E-state index is 9.43. The zero-order valence-electron chi connectivity index (χ0n) is 10.8. The second-order valence-electron chi connectivity index (χ2n) is 4.86. The molecule has 2 N–H and O–H groups in total. The van der Waals surface area contributed by atoms with Crippen LogP contribution in [0.2, 0.25) is 0 Å². The first-order chi connectivity index (χ1) is 8.78. The molecule has 1 aliphatic heterocycles. The van der Waals surface area contributed by atoms with Crippen LogP contribution >= 0.6 is 0 Å². The third kappa shape index (κ3) is 3.98. The van der Waals surface area contributed by atoms with Crippen molar-refractivity contribution < 1.29 is 10.2 Å². The van der Waals surface area contributed by atoms with Crippen LogP contribution in [0, 0.1) is 0 Å². The minimum absolute atomic E-state index is 0.281. The zero-order valence-corrected chi connectivity index (χ0v) is 10.8. The van der Waals surface area contributed by atoms with Gasteiger partial charge in [-0.2, -0.15) is 0 Å². The molecule has 100 valence electrons. The highest BCUT2D eigenvalue weighted by molar-refractivity contribution is 5.27. The Morgan fingerprint density at radius 1 is 1.06 bits per heavy atom. The SMILES string of the molecule is OCCCN1CCN(Cc2cccc(O)c2)CC1. The molecule has 0 radical (unpaired) electrons. The zero-order chi connectivity index (χ0) is 12.8. The van der Waals surface area contributed by atoms with Crippen molar-refractivity contribution in [1.82, 2.24) is 9.80 Å². The molecule has 0 bridgehead atoms. The molecule has 2 rings (SSSR count). The van der Waals surface area contributed by atoms with Crippen LogP contribution in [-0.4, -0.2) is 59.3 Å². The number of hydrogen-bond donors (Lipinski definition) is 2. The average molecular weight is 250 g/mol. The number of nitrogens with zero attached hydrogens (tertiary/aromatic N) is 2. The minimum Gasteiger partial charge on any atom is -0.508 e. The molecule has 0 amide bonds. The van der Waals surface area contributed by atoms with Crippen LogP contribution in [-0.2, 0) is 6.54 Å². The van der Waals surface area contributed by atoms with E-state index >= 15 is 0 Å². The molecule has 1 saturated heterocycles. The molecule has 0 unspecified atom stereocenters. The van der Waals surface area contributed by atoms with Crippen molar-refractivity contribution in [1.29, 1.82) is 0 Å². The third-order valence-electron chi connectivity index (χ3n) is 3.41. The van der Waals surface area contributed by atoms with Crippen molar-refractivity contribution in [3.05, 3.63) is 29.8 Å². The Balaban J connectivity index is 1.76. The lowest BCUT2D eigenvalue weighted by Gasteiger charge is -2.34. The van der Waals surface area contributed by atoms with Gasteiger partial charge in [-0.1, -0.05) is 12.1 Å². The summed E-state index contributed by atoms with van der Waals surface area (Å²) in [5.74, 6) is 0.342. The predicted octanol–water partition coefficient (Wildman–Crippen LogP) is 0.892. The molecule has 4 heteroatoms. The molecule has 0 aliphatic carbocycles. The number of phenolic OH excluding ortho intramolecular Hbond substituents is 1. The molecule has 1 aromatic rings. The van der Waals surface area contributed by atoms with Crippen molar-refractivity contribution in [2.75, 3.05) is 39.3 Å². The summed E-state index contributed by atoms with van der Waals surface area (Å²) < 4.78 is 0. The third-order valence-corrected chi connectivity index (χ3v) is 3.41. The van der Waals surface area contributed by atoms with Gasteiger partial charge in [0.05, 0.1) is 0 Å². The van der Waals surface area contributed by atoms with E-state index in [4.69, 9.17) is 5.11 Å². The van der Waals surface area contributed by atoms with E-state index in [0.29, 0.717) is 5.75 Å². The fraction of sp³-hybridized carbons (Fsp3) is 0.571. The lowest BCUT2D eigenvalue weighted by Crippen LogP contribution is -2.46. The molecule has 1 aromatic carbocycles. The van der Waals surface area contributed by atoms with Crippen molar-refractivity contribution >= 4 is 0 Å². The van der Waals surface area contributed by atoms with Crippen molar-refractivity contribution in [2.24, 2.45) is 0 Å². The van der Waals surface area contributed by atoms with Gasteiger partial charge in [-0.05, 0) is 24.1 Å². The fourth-order valence-corrected chi connectivity index (χ4v) is 2.38. The first-order valence-corrected chi connectivity index (χ1v) is 6.61. The van der Waals surface area contributed by atoms with Gasteiger partial charge in [-0.3, -0.25) is 4.90 Å². The summed E-state index contributed by atoms with van der Waals surface area (Å²) >= 11 is 0. The van der Waals surface area contributed by atoms with Crippen LogP contribution < -0.4 is 0 Å². The van der Waals surface area contributed by atoms with Gasteiger partial charge >= 0.3 is 0 Å². The first-order valence-electron chi connectivity index (χ1n) is 6.61. The van der Waals surface area contributed by atoms with E-state index in [9.17, 15) is 5.11 Å². The van der Waals surface area contributed by atoms with E-state index in [0.717, 1.165) is 45.7 Å². The average Bonchev–Trinajstić information content (AvgIpc) is 2.38. The minimum atomic E-state index is 0.281. The molecule has 1 fully saturated rings. The lowest BCUT2D eigenvalue weighted by atomic mass is 10.2. The van der Waals surface area contributed by atoms with Crippen LogP contribution in [0.5, 0.6) is 5.75 Å². The largest absolute Gasteiger partial charge is 0.508 e. The maximum Gasteiger partial charge on any atom is 0.115 e. The quantitative estimate of drug-likeness (QED) is 0.815. The van der Waals surface area contributed by atoms with Crippen LogP contribution in [0.25, 0.3) is 0 Å². The van der Waals surface area contributed by atoms with E-state index in [1.54, 1.807) is 6.07 Å². The summed E-state index contributed by atoms with van der Waals surface area (Å²) in [5.41, 5.74) is 1.17. The number of piperazine rings is 1. The highest BCUT2D eigenvalue weighted by Crippen LogP contribution is 2.14. The molecular formula is C14H22N2O2. The molecule has 0 saturated carbocycles. The predicted molar refractivity (Wildman–Crippen MR) is 71.5 cm³/mol. The van der Waals surface area contributed by atoms with E-state index in [-0.39, 0.29) is 6.61 Å². The summed E-state index contributed by atoms with van der Waals surface area (Å²) in [6.45, 7) is 6.43. The molecule has 1 heterocycles. The summed E-state index contributed by atoms with van der Waals surface area (Å²) in [6, 6.07) is 7.48. The van der Waals surface area contributed by atoms with Crippen molar-refractivity contribution in [2.45, 2.75) is 13.0 Å². The number of rotatable bonds is 5. The molecule has 18 heavy (non-hydrogen) atoms. The molecule has 1 aliphatic rings. The van der Waals surface area contributed by atoms with Gasteiger partial charge in [0.25, 0.3) is 0 Å². The lowest BCUT2D eigenvalue weighted by molar-refractivity contribution is 0.120. The van der Waals surface area contributed by atoms with E-state index in [1.807, 2.05) is 12.1 Å². The van der Waals surface area contributed by atoms with Crippen LogP contribution in [0.3, 0.4) is 0 Å². The Morgan fingerprint density at radius 2 is 1.78 bits per heavy atom. The normalized spacial score (nSPS) is 18.1. The Bertz CT molecular complexity index is 363. The Morgan fingerprint density at radius 3 is 2.44 bits per heavy atom. The van der Waals surface area contributed by atoms with Crippen molar-refractivity contribution in [3.63, 3.8) is 0 Å². The molecule has 0 spiro atoms. The topological polar surface area (TPSA) is 46.9 Å². The van der Waals surface area contributed by atoms with Gasteiger partial charge in [0, 0.05) is 45.9 Å². The van der Waals surface area contributed by atoms with Crippen LogP contribution in [0.1, 0.15) is 12.0 Å². The number of aliphatic hydroxyl groups is 1. The summed E-state index contributed by atoms with van der Waals surface area (Å²) in [5, 5.41) is 18.2. The van der Waals surface area contributed by atoms with Gasteiger partial charge in [0.15, 0.2) is 0 Å². The number of hydrogen-bond acceptors (Lipinski definition) is 4. The standard InChI is InChI=1S/C14H22N2O2/c17-10-2-5-15-6-8-16(9-7-15)12-13-3-1-4-14(18)11-13/h1,3-4,11,17-18H,2,5-10,12H2. The Labute approximate surface area is 108 Å². The fourth-order valence-electron chi connectivity index (χ4n) is 2.38. The summed E-state index contributed by atoms with van der Waals surface area (Å²) in [6.07, 6.45) is 0.868. The van der Waals surface area contributed by atoms with Gasteiger partial charge in [-0.15, -0.1) is 0 Å². The van der Waals surface area contributed by atoms with Gasteiger partial charge < -0.3 is 15.1 Å². The van der Waals surface area contributed by atoms with Crippen molar-refractivity contribution in [3.8, 4) is 5.75 Å². The number of aromatic hydroxyl groups is 1. The molecule has 0 atom stereocenters. The molecule has 4 nitrogen and oxygen atoms in total. The second-order valence-corrected chi connectivity index (χ2v) is 4.86. The summed E-state index contributed by atoms with van der Waals surface area (Å²) in [4.78, 5) is 4.80. The Kier molecular flexibility index (Phi) is 4.99. The summed E-state index contributed by atoms with van der Waals surface area (Å²) in [7, 11) is 0. The smallest absolute Gasteiger partial charge is 0.115 e. The van der Waals surface area contributed by atoms with Crippen LogP contribution in [0.15, 0.2) is 24.3 Å². The van der Waals surface area contributed by atoms with E-state index in [1.165, 1.54) is 5.56 Å². The van der Waals surface area contributed by atoms with E-state index in [2.05, 4.69) is 15.9 Å². The van der Waals surface area contributed by atoms with Gasteiger partial charge in [0.1, 0.15) is 5.75 Å². The molecular weight excluding hydrogens is 228 g/mol. The Hall–Kier alpha value is -1.10. The number of benzene rings is 1. The van der Waals surface area contributed by atoms with E-state index < -0.39 is 0 Å². The maximum atomic E-state index is 9.43. The number of aliphatic hydroxyl groups excluding tert-OH is 1. The second kappa shape index (κ2) is 6.73. The van der Waals surface area contributed by atoms with Gasteiger partial charge in [-0.25, -0.2) is 0 Å². The highest BCUT2D eigenvalue weighted by atomic mass is 16.3. The highest BCUT2D eigenvalue weighted by Gasteiger charge is 2.16. The number of phenols is 1. The van der Waals surface area contributed by atoms with Gasteiger partial charge in [0.2, 0.25) is 0 Å². The molecule has 0 aromatic heterocycles. The first kappa shape index (κ1) is 13.3. The monoisotopic (exact) mass is 250 g/mol. The van der Waals surface area contributed by atoms with Crippen LogP contribution in [0.4, 0.5) is 0 Å².